The Hall–Kier alpha value is -3.55. The first-order valence-corrected chi connectivity index (χ1v) is 13.5. The number of anilines is 1. The molecule has 1 saturated carbocycles. The molecule has 3 heterocycles. The topological polar surface area (TPSA) is 88.3 Å². The molecule has 0 bridgehead atoms. The van der Waals surface area contributed by atoms with Crippen LogP contribution < -0.4 is 24.9 Å². The summed E-state index contributed by atoms with van der Waals surface area (Å²) < 4.78 is 13.8. The predicted octanol–water partition coefficient (Wildman–Crippen LogP) is 2.58. The van der Waals surface area contributed by atoms with Crippen LogP contribution in [0.1, 0.15) is 56.6 Å². The van der Waals surface area contributed by atoms with Gasteiger partial charge in [-0.1, -0.05) is 0 Å². The molecule has 8 heteroatoms. The van der Waals surface area contributed by atoms with Gasteiger partial charge in [0.1, 0.15) is 24.1 Å². The minimum Gasteiger partial charge on any atom is -0.452 e. The van der Waals surface area contributed by atoms with Gasteiger partial charge < -0.3 is 14.4 Å². The molecule has 1 fully saturated rings. The Morgan fingerprint density at radius 2 is 1.86 bits per heavy atom. The molecule has 6 rings (SSSR count). The van der Waals surface area contributed by atoms with Crippen molar-refractivity contribution < 1.29 is 23.9 Å². The summed E-state index contributed by atoms with van der Waals surface area (Å²) in [6.45, 7) is 5.80. The molecule has 4 aliphatic rings. The standard InChI is InChI=1S/C29H32N3O5/c1-2-31-11-3-6-18-14-20-26(16-22(18)31)36-27-17-23-19(15-21(27)30-20)7-4-12-32(23)13-5-8-28(35)37-29-24(33)9-10-25(29)34/h14-17,29H,2-13H2,1H3/q+1. The normalized spacial score (nSPS) is 18.4. The molecular weight excluding hydrogens is 470 g/mol. The first-order chi connectivity index (χ1) is 18.0. The molecule has 0 radical (unpaired) electrons. The SMILES string of the molecule is CCN1CCCc2cc3c(cc21)Oc1cc2c(cc1=N3)CCC[N+]=2CCCC(=O)OC1C(=O)CCC1=O. The Bertz CT molecular complexity index is 1410. The van der Waals surface area contributed by atoms with Crippen molar-refractivity contribution in [3.8, 4) is 11.5 Å². The summed E-state index contributed by atoms with van der Waals surface area (Å²) in [5, 5.41) is 1.98. The first-order valence-electron chi connectivity index (χ1n) is 13.5. The maximum Gasteiger partial charge on any atom is 0.307 e. The molecule has 0 saturated heterocycles. The molecule has 0 spiro atoms. The molecule has 0 N–H and O–H groups in total. The Labute approximate surface area is 215 Å². The van der Waals surface area contributed by atoms with E-state index in [9.17, 15) is 14.4 Å². The maximum atomic E-state index is 12.3. The highest BCUT2D eigenvalue weighted by atomic mass is 16.6. The number of esters is 1. The summed E-state index contributed by atoms with van der Waals surface area (Å²) in [6.07, 6.45) is 4.14. The van der Waals surface area contributed by atoms with Gasteiger partial charge in [-0.3, -0.25) is 14.4 Å². The maximum absolute atomic E-state index is 12.3. The second-order valence-corrected chi connectivity index (χ2v) is 10.3. The number of Topliss-reactive ketones (excluding diaryl/α,β-unsaturated/α-hetero) is 2. The predicted molar refractivity (Wildman–Crippen MR) is 137 cm³/mol. The van der Waals surface area contributed by atoms with Crippen molar-refractivity contribution in [2.24, 2.45) is 4.99 Å². The Morgan fingerprint density at radius 3 is 2.68 bits per heavy atom. The van der Waals surface area contributed by atoms with Gasteiger partial charge in [0, 0.05) is 56.1 Å². The van der Waals surface area contributed by atoms with Crippen molar-refractivity contribution >= 4 is 28.9 Å². The fourth-order valence-corrected chi connectivity index (χ4v) is 5.92. The number of rotatable bonds is 6. The number of ketones is 2. The molecule has 1 aliphatic carbocycles. The lowest BCUT2D eigenvalue weighted by molar-refractivity contribution is -0.157. The molecular formula is C29H32N3O5+. The van der Waals surface area contributed by atoms with Crippen LogP contribution in [0.2, 0.25) is 0 Å². The number of fused-ring (bicyclic) bond motifs is 4. The van der Waals surface area contributed by atoms with E-state index in [1.165, 1.54) is 16.8 Å². The number of carbonyl (C=O) groups is 3. The van der Waals surface area contributed by atoms with E-state index < -0.39 is 12.1 Å². The van der Waals surface area contributed by atoms with Crippen LogP contribution >= 0.6 is 0 Å². The van der Waals surface area contributed by atoms with Crippen LogP contribution in [0.5, 0.6) is 11.5 Å². The van der Waals surface area contributed by atoms with Crippen molar-refractivity contribution in [3.05, 3.63) is 46.1 Å². The molecule has 3 aliphatic heterocycles. The van der Waals surface area contributed by atoms with Crippen LogP contribution in [0.3, 0.4) is 0 Å². The number of ether oxygens (including phenoxy) is 2. The van der Waals surface area contributed by atoms with Gasteiger partial charge in [0.25, 0.3) is 0 Å². The molecule has 0 amide bonds. The van der Waals surface area contributed by atoms with E-state index in [0.717, 1.165) is 73.2 Å². The Kier molecular flexibility index (Phi) is 6.26. The zero-order chi connectivity index (χ0) is 25.5. The lowest BCUT2D eigenvalue weighted by atomic mass is 10.00. The summed E-state index contributed by atoms with van der Waals surface area (Å²) in [5.74, 6) is 0.493. The zero-order valence-electron chi connectivity index (χ0n) is 21.3. The van der Waals surface area contributed by atoms with Crippen molar-refractivity contribution in [2.45, 2.75) is 64.4 Å². The largest absolute Gasteiger partial charge is 0.452 e. The summed E-state index contributed by atoms with van der Waals surface area (Å²) in [5.41, 5.74) is 4.72. The smallest absolute Gasteiger partial charge is 0.307 e. The van der Waals surface area contributed by atoms with Gasteiger partial charge in [-0.05, 0) is 43.9 Å². The second-order valence-electron chi connectivity index (χ2n) is 10.3. The van der Waals surface area contributed by atoms with Crippen molar-refractivity contribution in [1.29, 1.82) is 0 Å². The highest BCUT2D eigenvalue weighted by Crippen LogP contribution is 2.41. The van der Waals surface area contributed by atoms with Gasteiger partial charge >= 0.3 is 5.97 Å². The molecule has 2 aromatic carbocycles. The summed E-state index contributed by atoms with van der Waals surface area (Å²) in [7, 11) is 0. The Balaban J connectivity index is 1.22. The third kappa shape index (κ3) is 4.54. The van der Waals surface area contributed by atoms with E-state index in [-0.39, 0.29) is 30.8 Å². The average Bonchev–Trinajstić information content (AvgIpc) is 3.21. The van der Waals surface area contributed by atoms with Gasteiger partial charge in [-0.25, -0.2) is 9.57 Å². The summed E-state index contributed by atoms with van der Waals surface area (Å²) in [4.78, 5) is 43.1. The minimum atomic E-state index is -1.19. The third-order valence-corrected chi connectivity index (χ3v) is 7.85. The fraction of sp³-hybridized carbons (Fsp3) is 0.483. The number of carbonyl (C=O) groups excluding carboxylic acids is 3. The van der Waals surface area contributed by atoms with Crippen molar-refractivity contribution in [1.82, 2.24) is 4.58 Å². The van der Waals surface area contributed by atoms with Crippen molar-refractivity contribution in [2.75, 3.05) is 31.1 Å². The van der Waals surface area contributed by atoms with Gasteiger partial charge in [0.15, 0.2) is 23.1 Å². The quantitative estimate of drug-likeness (QED) is 0.293. The van der Waals surface area contributed by atoms with Crippen LogP contribution in [-0.4, -0.2) is 49.8 Å². The van der Waals surface area contributed by atoms with Gasteiger partial charge in [-0.2, -0.15) is 0 Å². The van der Waals surface area contributed by atoms with E-state index in [0.29, 0.717) is 13.0 Å². The molecule has 0 unspecified atom stereocenters. The summed E-state index contributed by atoms with van der Waals surface area (Å²) in [6, 6.07) is 8.56. The zero-order valence-corrected chi connectivity index (χ0v) is 21.3. The van der Waals surface area contributed by atoms with Crippen molar-refractivity contribution in [3.63, 3.8) is 0 Å². The third-order valence-electron chi connectivity index (χ3n) is 7.85. The fourth-order valence-electron chi connectivity index (χ4n) is 5.92. The molecule has 0 aromatic heterocycles. The van der Waals surface area contributed by atoms with Crippen LogP contribution in [0.25, 0.3) is 0 Å². The Morgan fingerprint density at radius 1 is 1.05 bits per heavy atom. The number of hydrogen-bond donors (Lipinski definition) is 0. The molecule has 37 heavy (non-hydrogen) atoms. The first kappa shape index (κ1) is 23.8. The average molecular weight is 503 g/mol. The van der Waals surface area contributed by atoms with Crippen LogP contribution in [0.15, 0.2) is 29.3 Å². The van der Waals surface area contributed by atoms with E-state index in [4.69, 9.17) is 14.5 Å². The number of nitrogens with zero attached hydrogens (tertiary/aromatic N) is 3. The second kappa shape index (κ2) is 9.72. The van der Waals surface area contributed by atoms with E-state index >= 15 is 0 Å². The lowest BCUT2D eigenvalue weighted by Gasteiger charge is -2.31. The molecule has 2 aromatic rings. The molecule has 8 nitrogen and oxygen atoms in total. The number of benzene rings is 2. The van der Waals surface area contributed by atoms with Gasteiger partial charge in [-0.15, -0.1) is 0 Å². The number of aryl methyl sites for hydroxylation is 2. The van der Waals surface area contributed by atoms with Crippen LogP contribution in [0.4, 0.5) is 11.4 Å². The molecule has 192 valence electrons. The van der Waals surface area contributed by atoms with E-state index in [2.05, 4.69) is 40.7 Å². The molecule has 0 atom stereocenters. The van der Waals surface area contributed by atoms with Crippen LogP contribution in [-0.2, 0) is 32.0 Å². The minimum absolute atomic E-state index is 0.170. The van der Waals surface area contributed by atoms with E-state index in [1.807, 2.05) is 0 Å². The number of hydrogen-bond acceptors (Lipinski definition) is 7. The van der Waals surface area contributed by atoms with Gasteiger partial charge in [0.05, 0.1) is 12.5 Å². The van der Waals surface area contributed by atoms with Crippen LogP contribution in [0, 0.1) is 0 Å². The lowest BCUT2D eigenvalue weighted by Crippen LogP contribution is -2.39. The highest BCUT2D eigenvalue weighted by molar-refractivity contribution is 6.12. The highest BCUT2D eigenvalue weighted by Gasteiger charge is 2.36. The summed E-state index contributed by atoms with van der Waals surface area (Å²) >= 11 is 0. The van der Waals surface area contributed by atoms with Gasteiger partial charge in [0.2, 0.25) is 11.5 Å². The van der Waals surface area contributed by atoms with E-state index in [1.54, 1.807) is 0 Å². The monoisotopic (exact) mass is 502 g/mol.